The van der Waals surface area contributed by atoms with Gasteiger partial charge in [-0.05, 0) is 81.0 Å². The maximum atomic E-state index is 13.0. The van der Waals surface area contributed by atoms with Crippen molar-refractivity contribution in [1.29, 1.82) is 0 Å². The molecule has 7 rings (SSSR count). The van der Waals surface area contributed by atoms with Crippen LogP contribution in [0.1, 0.15) is 69.0 Å². The van der Waals surface area contributed by atoms with E-state index in [4.69, 9.17) is 0 Å². The molecule has 0 saturated heterocycles. The predicted octanol–water partition coefficient (Wildman–Crippen LogP) is 3.32. The second-order valence-electron chi connectivity index (χ2n) is 10.6. The highest BCUT2D eigenvalue weighted by Gasteiger charge is 2.51. The first kappa shape index (κ1) is 17.8. The van der Waals surface area contributed by atoms with Crippen molar-refractivity contribution in [3.05, 3.63) is 17.6 Å². The SMILES string of the molecule is O=C(CC12CC3CC(CC(C3)C1)C2)Nc1ncnc2c1CCN(C(=O)C1CC1)C2. The second-order valence-corrected chi connectivity index (χ2v) is 10.6. The molecule has 0 radical (unpaired) electrons. The molecule has 2 heterocycles. The van der Waals surface area contributed by atoms with Gasteiger partial charge in [-0.3, -0.25) is 9.59 Å². The molecule has 0 aromatic carbocycles. The quantitative estimate of drug-likeness (QED) is 0.850. The molecule has 4 bridgehead atoms. The van der Waals surface area contributed by atoms with Crippen molar-refractivity contribution in [2.24, 2.45) is 29.1 Å². The first-order valence-electron chi connectivity index (χ1n) is 11.5. The number of carbonyl (C=O) groups excluding carboxylic acids is 2. The summed E-state index contributed by atoms with van der Waals surface area (Å²) in [6.45, 7) is 1.25. The van der Waals surface area contributed by atoms with Gasteiger partial charge in [-0.25, -0.2) is 9.97 Å². The number of rotatable bonds is 4. The second kappa shape index (κ2) is 6.51. The number of nitrogens with zero attached hydrogens (tertiary/aromatic N) is 3. The summed E-state index contributed by atoms with van der Waals surface area (Å²) in [7, 11) is 0. The summed E-state index contributed by atoms with van der Waals surface area (Å²) in [5, 5.41) is 3.13. The summed E-state index contributed by atoms with van der Waals surface area (Å²) in [4.78, 5) is 36.2. The van der Waals surface area contributed by atoms with Gasteiger partial charge in [0, 0.05) is 24.4 Å². The van der Waals surface area contributed by atoms with Crippen LogP contribution in [-0.4, -0.2) is 33.2 Å². The van der Waals surface area contributed by atoms with E-state index in [2.05, 4.69) is 15.3 Å². The van der Waals surface area contributed by atoms with E-state index in [0.717, 1.165) is 48.3 Å². The number of hydrogen-bond acceptors (Lipinski definition) is 4. The summed E-state index contributed by atoms with van der Waals surface area (Å²) in [6, 6.07) is 0. The maximum Gasteiger partial charge on any atom is 0.226 e. The van der Waals surface area contributed by atoms with Crippen molar-refractivity contribution in [1.82, 2.24) is 14.9 Å². The van der Waals surface area contributed by atoms with Gasteiger partial charge in [0.25, 0.3) is 0 Å². The average molecular weight is 395 g/mol. The van der Waals surface area contributed by atoms with Crippen LogP contribution in [0.15, 0.2) is 6.33 Å². The fourth-order valence-corrected chi connectivity index (χ4v) is 7.26. The van der Waals surface area contributed by atoms with E-state index in [-0.39, 0.29) is 23.1 Å². The Kier molecular flexibility index (Phi) is 4.01. The monoisotopic (exact) mass is 394 g/mol. The van der Waals surface area contributed by atoms with E-state index >= 15 is 0 Å². The van der Waals surface area contributed by atoms with Crippen molar-refractivity contribution >= 4 is 17.6 Å². The molecule has 1 aliphatic heterocycles. The molecule has 6 aliphatic rings. The van der Waals surface area contributed by atoms with Gasteiger partial charge in [-0.15, -0.1) is 0 Å². The normalized spacial score (nSPS) is 34.8. The first-order valence-corrected chi connectivity index (χ1v) is 11.5. The van der Waals surface area contributed by atoms with Crippen LogP contribution in [0.4, 0.5) is 5.82 Å². The Morgan fingerprint density at radius 1 is 1.07 bits per heavy atom. The lowest BCUT2D eigenvalue weighted by atomic mass is 9.49. The molecular weight excluding hydrogens is 364 g/mol. The lowest BCUT2D eigenvalue weighted by molar-refractivity contribution is -0.133. The number of nitrogens with one attached hydrogen (secondary N) is 1. The van der Waals surface area contributed by atoms with Gasteiger partial charge in [0.1, 0.15) is 12.1 Å². The van der Waals surface area contributed by atoms with Crippen LogP contribution in [0, 0.1) is 29.1 Å². The Labute approximate surface area is 171 Å². The predicted molar refractivity (Wildman–Crippen MR) is 108 cm³/mol. The third kappa shape index (κ3) is 3.24. The number of carbonyl (C=O) groups is 2. The van der Waals surface area contributed by atoms with E-state index in [9.17, 15) is 9.59 Å². The molecule has 154 valence electrons. The van der Waals surface area contributed by atoms with Gasteiger partial charge >= 0.3 is 0 Å². The molecule has 1 aromatic rings. The number of anilines is 1. The molecule has 2 amide bonds. The Bertz CT molecular complexity index is 827. The van der Waals surface area contributed by atoms with Crippen molar-refractivity contribution in [2.75, 3.05) is 11.9 Å². The van der Waals surface area contributed by atoms with E-state index in [0.29, 0.717) is 25.3 Å². The molecule has 1 N–H and O–H groups in total. The van der Waals surface area contributed by atoms with Crippen LogP contribution in [0.3, 0.4) is 0 Å². The fraction of sp³-hybridized carbons (Fsp3) is 0.739. The Hall–Kier alpha value is -1.98. The molecule has 5 saturated carbocycles. The number of aromatic nitrogens is 2. The fourth-order valence-electron chi connectivity index (χ4n) is 7.26. The highest BCUT2D eigenvalue weighted by atomic mass is 16.2. The van der Waals surface area contributed by atoms with E-state index in [1.54, 1.807) is 0 Å². The van der Waals surface area contributed by atoms with Crippen molar-refractivity contribution in [3.8, 4) is 0 Å². The van der Waals surface area contributed by atoms with Gasteiger partial charge in [0.15, 0.2) is 0 Å². The van der Waals surface area contributed by atoms with Gasteiger partial charge in [0.2, 0.25) is 11.8 Å². The minimum Gasteiger partial charge on any atom is -0.336 e. The average Bonchev–Trinajstić information content (AvgIpc) is 3.51. The molecule has 5 fully saturated rings. The Balaban J connectivity index is 1.15. The van der Waals surface area contributed by atoms with Crippen LogP contribution >= 0.6 is 0 Å². The van der Waals surface area contributed by atoms with Crippen LogP contribution in [0.5, 0.6) is 0 Å². The molecule has 0 unspecified atom stereocenters. The van der Waals surface area contributed by atoms with Gasteiger partial charge < -0.3 is 10.2 Å². The largest absolute Gasteiger partial charge is 0.336 e. The third-order valence-electron chi connectivity index (χ3n) is 8.20. The summed E-state index contributed by atoms with van der Waals surface area (Å²) < 4.78 is 0. The molecule has 29 heavy (non-hydrogen) atoms. The Morgan fingerprint density at radius 2 is 1.76 bits per heavy atom. The number of amides is 2. The summed E-state index contributed by atoms with van der Waals surface area (Å²) in [5.74, 6) is 3.86. The molecule has 6 nitrogen and oxygen atoms in total. The molecule has 6 heteroatoms. The van der Waals surface area contributed by atoms with Crippen molar-refractivity contribution in [2.45, 2.75) is 70.8 Å². The molecular formula is C23H30N4O2. The highest BCUT2D eigenvalue weighted by Crippen LogP contribution is 2.61. The summed E-state index contributed by atoms with van der Waals surface area (Å²) in [5.41, 5.74) is 2.15. The van der Waals surface area contributed by atoms with Crippen LogP contribution in [0.2, 0.25) is 0 Å². The molecule has 0 atom stereocenters. The maximum absolute atomic E-state index is 13.0. The third-order valence-corrected chi connectivity index (χ3v) is 8.20. The van der Waals surface area contributed by atoms with Gasteiger partial charge in [0.05, 0.1) is 12.2 Å². The molecule has 5 aliphatic carbocycles. The summed E-state index contributed by atoms with van der Waals surface area (Å²) in [6.07, 6.45) is 12.9. The minimum absolute atomic E-state index is 0.115. The van der Waals surface area contributed by atoms with Crippen LogP contribution in [-0.2, 0) is 22.6 Å². The van der Waals surface area contributed by atoms with E-state index in [1.807, 2.05) is 4.90 Å². The lowest BCUT2D eigenvalue weighted by Gasteiger charge is -2.56. The highest BCUT2D eigenvalue weighted by molar-refractivity contribution is 5.91. The van der Waals surface area contributed by atoms with Crippen LogP contribution in [0.25, 0.3) is 0 Å². The van der Waals surface area contributed by atoms with Gasteiger partial charge in [-0.1, -0.05) is 0 Å². The van der Waals surface area contributed by atoms with Crippen molar-refractivity contribution < 1.29 is 9.59 Å². The Morgan fingerprint density at radius 3 is 2.41 bits per heavy atom. The van der Waals surface area contributed by atoms with E-state index in [1.165, 1.54) is 44.9 Å². The smallest absolute Gasteiger partial charge is 0.226 e. The van der Waals surface area contributed by atoms with Crippen LogP contribution < -0.4 is 5.32 Å². The van der Waals surface area contributed by atoms with E-state index < -0.39 is 0 Å². The molecule has 0 spiro atoms. The lowest BCUT2D eigenvalue weighted by Crippen LogP contribution is -2.47. The summed E-state index contributed by atoms with van der Waals surface area (Å²) >= 11 is 0. The first-order chi connectivity index (χ1) is 14.1. The van der Waals surface area contributed by atoms with Gasteiger partial charge in [-0.2, -0.15) is 0 Å². The number of fused-ring (bicyclic) bond motifs is 1. The van der Waals surface area contributed by atoms with Crippen molar-refractivity contribution in [3.63, 3.8) is 0 Å². The standard InChI is InChI=1S/C23H30N4O2/c28-20(11-23-8-14-5-15(9-23)7-16(6-14)10-23)26-21-18-3-4-27(22(29)17-1-2-17)12-19(18)24-13-25-21/h13-17H,1-12H2,(H,24,25,26,28). The topological polar surface area (TPSA) is 75.2 Å². The number of hydrogen-bond donors (Lipinski definition) is 1. The molecule has 1 aromatic heterocycles. The zero-order valence-electron chi connectivity index (χ0n) is 17.0. The zero-order chi connectivity index (χ0) is 19.6. The zero-order valence-corrected chi connectivity index (χ0v) is 17.0. The minimum atomic E-state index is 0.115.